The first-order chi connectivity index (χ1) is 7.23. The minimum absolute atomic E-state index is 0.241. The molecule has 0 atom stereocenters. The van der Waals surface area contributed by atoms with E-state index in [2.05, 4.69) is 8.97 Å². The molecule has 0 saturated carbocycles. The van der Waals surface area contributed by atoms with E-state index in [1.165, 1.54) is 11.0 Å². The van der Waals surface area contributed by atoms with Crippen LogP contribution in [0, 0.1) is 0 Å². The third kappa shape index (κ3) is 3.12. The molecule has 0 fully saturated rings. The van der Waals surface area contributed by atoms with Crippen LogP contribution in [0.4, 0.5) is 18.9 Å². The van der Waals surface area contributed by atoms with Crippen molar-refractivity contribution in [2.75, 3.05) is 19.0 Å². The van der Waals surface area contributed by atoms with E-state index in [4.69, 9.17) is 0 Å². The van der Waals surface area contributed by atoms with Crippen molar-refractivity contribution in [3.05, 3.63) is 23.8 Å². The Balaban J connectivity index is 3.33. The monoisotopic (exact) mass is 423 g/mol. The van der Waals surface area contributed by atoms with E-state index in [0.29, 0.717) is 0 Å². The molecule has 0 N–H and O–H groups in total. The second kappa shape index (κ2) is 4.93. The molecule has 0 heterocycles. The minimum atomic E-state index is -4.27. The van der Waals surface area contributed by atoms with Gasteiger partial charge in [-0.05, 0) is 0 Å². The Morgan fingerprint density at radius 1 is 1.12 bits per heavy atom. The van der Waals surface area contributed by atoms with E-state index in [1.807, 2.05) is 6.07 Å². The first kappa shape index (κ1) is 13.8. The van der Waals surface area contributed by atoms with Crippen LogP contribution < -0.4 is 8.02 Å². The molecule has 0 bridgehead atoms. The zero-order valence-electron chi connectivity index (χ0n) is 9.89. The van der Waals surface area contributed by atoms with Gasteiger partial charge in [-0.2, -0.15) is 0 Å². The van der Waals surface area contributed by atoms with Gasteiger partial charge in [-0.25, -0.2) is 0 Å². The fourth-order valence-electron chi connectivity index (χ4n) is 1.53. The molecule has 0 aliphatic heterocycles. The van der Waals surface area contributed by atoms with Crippen LogP contribution in [-0.2, 0) is 6.18 Å². The van der Waals surface area contributed by atoms with Gasteiger partial charge in [0, 0.05) is 0 Å². The van der Waals surface area contributed by atoms with Gasteiger partial charge in [0.1, 0.15) is 0 Å². The summed E-state index contributed by atoms with van der Waals surface area (Å²) in [6.45, 7) is 0. The third-order valence-electron chi connectivity index (χ3n) is 2.47. The SMILES string of the molecule is CN(C)c1cc[c]([Tl]([CH3])[CH3])cc1C(F)(F)F. The van der Waals surface area contributed by atoms with Crippen molar-refractivity contribution in [3.63, 3.8) is 0 Å². The molecule has 0 radical (unpaired) electrons. The molecule has 0 amide bonds. The molecule has 1 aromatic carbocycles. The molecule has 88 valence electrons. The number of hydrogen-bond acceptors (Lipinski definition) is 1. The molecule has 1 nitrogen and oxygen atoms in total. The summed E-state index contributed by atoms with van der Waals surface area (Å²) in [5, 5.41) is 0. The number of anilines is 1. The van der Waals surface area contributed by atoms with E-state index >= 15 is 0 Å². The molecule has 0 aliphatic carbocycles. The van der Waals surface area contributed by atoms with Crippen molar-refractivity contribution in [2.45, 2.75) is 15.1 Å². The molecule has 0 aliphatic rings. The van der Waals surface area contributed by atoms with Crippen LogP contribution in [0.3, 0.4) is 0 Å². The fourth-order valence-corrected chi connectivity index (χ4v) is 5.34. The van der Waals surface area contributed by atoms with Crippen LogP contribution >= 0.6 is 0 Å². The number of alkyl halides is 3. The van der Waals surface area contributed by atoms with Crippen LogP contribution in [0.5, 0.6) is 0 Å². The standard InChI is InChI=1S/C9H9F3N.2CH3.Tl/c1-13(2)8-6-4-3-5-7(8)9(10,11)12;;;/h4-6H,1-2H3;2*1H3;. The van der Waals surface area contributed by atoms with Crippen molar-refractivity contribution in [3.8, 4) is 0 Å². The number of halogens is 3. The molecule has 0 saturated heterocycles. The van der Waals surface area contributed by atoms with Crippen LogP contribution in [0.25, 0.3) is 0 Å². The Labute approximate surface area is 102 Å². The van der Waals surface area contributed by atoms with Crippen molar-refractivity contribution < 1.29 is 13.2 Å². The maximum absolute atomic E-state index is 12.9. The predicted octanol–water partition coefficient (Wildman–Crippen LogP) is 2.73. The Morgan fingerprint density at radius 2 is 1.69 bits per heavy atom. The van der Waals surface area contributed by atoms with Crippen molar-refractivity contribution in [1.29, 1.82) is 0 Å². The molecule has 0 spiro atoms. The Morgan fingerprint density at radius 3 is 2.06 bits per heavy atom. The zero-order valence-corrected chi connectivity index (χ0v) is 14.4. The van der Waals surface area contributed by atoms with Gasteiger partial charge < -0.3 is 0 Å². The van der Waals surface area contributed by atoms with Gasteiger partial charge in [0.15, 0.2) is 0 Å². The van der Waals surface area contributed by atoms with Crippen molar-refractivity contribution in [2.24, 2.45) is 0 Å². The van der Waals surface area contributed by atoms with E-state index in [-0.39, 0.29) is 5.69 Å². The molecule has 0 unspecified atom stereocenters. The summed E-state index contributed by atoms with van der Waals surface area (Å²) in [4.78, 5) is 1.50. The molecular weight excluding hydrogens is 408 g/mol. The second-order valence-corrected chi connectivity index (χ2v) is 15.9. The van der Waals surface area contributed by atoms with Crippen LogP contribution in [0.1, 0.15) is 5.56 Å². The van der Waals surface area contributed by atoms with Crippen LogP contribution in [0.2, 0.25) is 8.97 Å². The van der Waals surface area contributed by atoms with Crippen LogP contribution in [0.15, 0.2) is 18.2 Å². The van der Waals surface area contributed by atoms with E-state index in [0.717, 1.165) is 3.12 Å². The molecule has 16 heavy (non-hydrogen) atoms. The summed E-state index contributed by atoms with van der Waals surface area (Å²) in [6, 6.07) is 4.76. The third-order valence-corrected chi connectivity index (χ3v) is 9.05. The summed E-state index contributed by atoms with van der Waals surface area (Å²) in [6.07, 6.45) is -4.27. The second-order valence-electron chi connectivity index (χ2n) is 4.32. The van der Waals surface area contributed by atoms with Crippen LogP contribution in [-0.4, -0.2) is 36.8 Å². The Bertz CT molecular complexity index is 372. The average molecular weight is 423 g/mol. The Hall–Kier alpha value is -0.268. The van der Waals surface area contributed by atoms with E-state index < -0.39 is 34.4 Å². The summed E-state index contributed by atoms with van der Waals surface area (Å²) < 4.78 is 43.7. The Kier molecular flexibility index (Phi) is 4.25. The fraction of sp³-hybridized carbons (Fsp3) is 0.455. The molecule has 1 aromatic rings. The molecular formula is C11H15F3NTl. The number of hydrogen-bond donors (Lipinski definition) is 0. The van der Waals surface area contributed by atoms with E-state index in [1.54, 1.807) is 20.2 Å². The van der Waals surface area contributed by atoms with Gasteiger partial charge in [0.2, 0.25) is 0 Å². The topological polar surface area (TPSA) is 3.24 Å². The quantitative estimate of drug-likeness (QED) is 0.663. The van der Waals surface area contributed by atoms with Crippen molar-refractivity contribution in [1.82, 2.24) is 0 Å². The number of benzene rings is 1. The summed E-state index contributed by atoms with van der Waals surface area (Å²) in [5.74, 6) is 0. The van der Waals surface area contributed by atoms with Gasteiger partial charge in [-0.3, -0.25) is 0 Å². The summed E-state index contributed by atoms with van der Waals surface area (Å²) in [5.41, 5.74) is -0.269. The first-order valence-corrected chi connectivity index (χ1v) is 16.3. The van der Waals surface area contributed by atoms with Gasteiger partial charge in [0.25, 0.3) is 0 Å². The van der Waals surface area contributed by atoms with Gasteiger partial charge in [-0.1, -0.05) is 0 Å². The number of rotatable bonds is 2. The molecule has 0 aromatic heterocycles. The maximum atomic E-state index is 12.9. The number of nitrogens with zero attached hydrogens (tertiary/aromatic N) is 1. The van der Waals surface area contributed by atoms with Crippen molar-refractivity contribution >= 4 is 31.5 Å². The molecule has 1 rings (SSSR count). The van der Waals surface area contributed by atoms with E-state index in [9.17, 15) is 13.2 Å². The summed E-state index contributed by atoms with van der Waals surface area (Å²) in [7, 11) is 3.26. The summed E-state index contributed by atoms with van der Waals surface area (Å²) >= 11 is -1.98. The normalized spacial score (nSPS) is 11.4. The van der Waals surface area contributed by atoms with Gasteiger partial charge >= 0.3 is 103 Å². The van der Waals surface area contributed by atoms with Gasteiger partial charge in [-0.15, -0.1) is 0 Å². The molecule has 5 heteroatoms. The van der Waals surface area contributed by atoms with Gasteiger partial charge in [0.05, 0.1) is 0 Å². The first-order valence-electron chi connectivity index (χ1n) is 5.12. The average Bonchev–Trinajstić information content (AvgIpc) is 2.15. The predicted molar refractivity (Wildman–Crippen MR) is 62.9 cm³/mol. The zero-order chi connectivity index (χ0) is 12.5.